The summed E-state index contributed by atoms with van der Waals surface area (Å²) in [5.74, 6) is -1.26. The molecule has 0 aliphatic carbocycles. The van der Waals surface area contributed by atoms with Crippen molar-refractivity contribution in [1.82, 2.24) is 19.4 Å². The maximum Gasteiger partial charge on any atom is 0.434 e. The number of aromatic nitrogens is 3. The van der Waals surface area contributed by atoms with Crippen LogP contribution in [0.1, 0.15) is 40.6 Å². The van der Waals surface area contributed by atoms with E-state index in [4.69, 9.17) is 0 Å². The summed E-state index contributed by atoms with van der Waals surface area (Å²) in [6.07, 6.45) is -0.0593. The number of hydrogen-bond acceptors (Lipinski definition) is 3. The van der Waals surface area contributed by atoms with Gasteiger partial charge in [-0.2, -0.15) is 13.2 Å². The van der Waals surface area contributed by atoms with E-state index in [1.165, 1.54) is 28.8 Å². The quantitative estimate of drug-likeness (QED) is 0.778. The van der Waals surface area contributed by atoms with Crippen molar-refractivity contribution in [3.8, 4) is 0 Å². The molecule has 1 atom stereocenters. The molecule has 2 aromatic rings. The molecule has 5 nitrogen and oxygen atoms in total. The molecule has 1 amide bonds. The lowest BCUT2D eigenvalue weighted by Crippen LogP contribution is -2.40. The summed E-state index contributed by atoms with van der Waals surface area (Å²) >= 11 is 0. The van der Waals surface area contributed by atoms with Gasteiger partial charge in [0.1, 0.15) is 5.82 Å². The maximum atomic E-state index is 13.8. The van der Waals surface area contributed by atoms with Crippen molar-refractivity contribution in [3.63, 3.8) is 0 Å². The molecule has 3 heterocycles. The fraction of sp³-hybridized carbons (Fsp3) is 0.438. The average Bonchev–Trinajstić information content (AvgIpc) is 2.97. The number of hydrogen-bond donors (Lipinski definition) is 0. The van der Waals surface area contributed by atoms with Gasteiger partial charge in [-0.3, -0.25) is 9.78 Å². The number of aryl methyl sites for hydroxylation is 1. The van der Waals surface area contributed by atoms with Crippen molar-refractivity contribution in [2.24, 2.45) is 7.05 Å². The summed E-state index contributed by atoms with van der Waals surface area (Å²) in [4.78, 5) is 21.3. The predicted molar refractivity (Wildman–Crippen MR) is 80.3 cm³/mol. The minimum absolute atomic E-state index is 0.0912. The van der Waals surface area contributed by atoms with Gasteiger partial charge in [0, 0.05) is 38.4 Å². The SMILES string of the molecule is Cn1cc(C(F)(F)F)nc1[C@H]1CCCN(C(=O)c2ccncc2F)C1. The van der Waals surface area contributed by atoms with Gasteiger partial charge in [0.25, 0.3) is 5.91 Å². The Hall–Kier alpha value is -2.45. The monoisotopic (exact) mass is 356 g/mol. The third-order valence-electron chi connectivity index (χ3n) is 4.28. The highest BCUT2D eigenvalue weighted by Gasteiger charge is 2.36. The van der Waals surface area contributed by atoms with Crippen LogP contribution in [0, 0.1) is 5.82 Å². The van der Waals surface area contributed by atoms with Gasteiger partial charge < -0.3 is 9.47 Å². The van der Waals surface area contributed by atoms with E-state index in [9.17, 15) is 22.4 Å². The van der Waals surface area contributed by atoms with Crippen LogP contribution in [0.25, 0.3) is 0 Å². The third kappa shape index (κ3) is 3.49. The minimum Gasteiger partial charge on any atom is -0.338 e. The summed E-state index contributed by atoms with van der Waals surface area (Å²) in [6, 6.07) is 1.30. The molecular weight excluding hydrogens is 340 g/mol. The molecule has 0 aromatic carbocycles. The maximum absolute atomic E-state index is 13.8. The third-order valence-corrected chi connectivity index (χ3v) is 4.28. The number of amides is 1. The van der Waals surface area contributed by atoms with E-state index in [2.05, 4.69) is 9.97 Å². The Morgan fingerprint density at radius 1 is 1.36 bits per heavy atom. The van der Waals surface area contributed by atoms with Crippen LogP contribution in [0.5, 0.6) is 0 Å². The molecule has 1 aliphatic rings. The van der Waals surface area contributed by atoms with Gasteiger partial charge in [0.05, 0.1) is 11.8 Å². The van der Waals surface area contributed by atoms with Gasteiger partial charge >= 0.3 is 6.18 Å². The summed E-state index contributed by atoms with van der Waals surface area (Å²) in [7, 11) is 1.50. The fourth-order valence-corrected chi connectivity index (χ4v) is 3.09. The van der Waals surface area contributed by atoms with Crippen LogP contribution in [0.15, 0.2) is 24.7 Å². The van der Waals surface area contributed by atoms with Crippen molar-refractivity contribution in [2.75, 3.05) is 13.1 Å². The zero-order valence-corrected chi connectivity index (χ0v) is 13.4. The Labute approximate surface area is 141 Å². The van der Waals surface area contributed by atoms with Crippen molar-refractivity contribution < 1.29 is 22.4 Å². The number of imidazole rings is 1. The highest BCUT2D eigenvalue weighted by Crippen LogP contribution is 2.32. The smallest absolute Gasteiger partial charge is 0.338 e. The van der Waals surface area contributed by atoms with E-state index in [0.717, 1.165) is 12.4 Å². The fourth-order valence-electron chi connectivity index (χ4n) is 3.09. The number of alkyl halides is 3. The van der Waals surface area contributed by atoms with Crippen molar-refractivity contribution in [1.29, 1.82) is 0 Å². The van der Waals surface area contributed by atoms with Crippen molar-refractivity contribution in [3.05, 3.63) is 47.6 Å². The molecule has 0 spiro atoms. The highest BCUT2D eigenvalue weighted by molar-refractivity contribution is 5.94. The van der Waals surface area contributed by atoms with Gasteiger partial charge in [-0.05, 0) is 18.9 Å². The van der Waals surface area contributed by atoms with Crippen LogP contribution in [0.2, 0.25) is 0 Å². The molecule has 3 rings (SSSR count). The Kier molecular flexibility index (Phi) is 4.49. The molecule has 1 aliphatic heterocycles. The van der Waals surface area contributed by atoms with Gasteiger partial charge in [-0.25, -0.2) is 9.37 Å². The highest BCUT2D eigenvalue weighted by atomic mass is 19.4. The summed E-state index contributed by atoms with van der Waals surface area (Å²) in [6.45, 7) is 0.621. The lowest BCUT2D eigenvalue weighted by atomic mass is 9.96. The second kappa shape index (κ2) is 6.45. The summed E-state index contributed by atoms with van der Waals surface area (Å²) in [5, 5.41) is 0. The summed E-state index contributed by atoms with van der Waals surface area (Å²) < 4.78 is 53.6. The number of rotatable bonds is 2. The molecule has 1 fully saturated rings. The van der Waals surface area contributed by atoms with E-state index < -0.39 is 23.6 Å². The second-order valence-corrected chi connectivity index (χ2v) is 6.04. The second-order valence-electron chi connectivity index (χ2n) is 6.04. The molecule has 0 N–H and O–H groups in total. The molecule has 1 saturated heterocycles. The van der Waals surface area contributed by atoms with Crippen molar-refractivity contribution in [2.45, 2.75) is 24.9 Å². The molecule has 0 radical (unpaired) electrons. The Morgan fingerprint density at radius 3 is 2.76 bits per heavy atom. The first kappa shape index (κ1) is 17.4. The Balaban J connectivity index is 1.81. The standard InChI is InChI=1S/C16H16F4N4O/c1-23-9-13(16(18,19)20)22-14(23)10-3-2-6-24(8-10)15(25)11-4-5-21-7-12(11)17/h4-5,7,9-10H,2-3,6,8H2,1H3/t10-/m0/s1. The van der Waals surface area contributed by atoms with E-state index in [1.807, 2.05) is 0 Å². The van der Waals surface area contributed by atoms with Crippen LogP contribution in [-0.4, -0.2) is 38.4 Å². The molecule has 2 aromatic heterocycles. The molecular formula is C16H16F4N4O. The largest absolute Gasteiger partial charge is 0.434 e. The van der Waals surface area contributed by atoms with E-state index in [-0.39, 0.29) is 23.9 Å². The zero-order valence-electron chi connectivity index (χ0n) is 13.4. The lowest BCUT2D eigenvalue weighted by Gasteiger charge is -2.32. The average molecular weight is 356 g/mol. The van der Waals surface area contributed by atoms with Crippen LogP contribution >= 0.6 is 0 Å². The number of likely N-dealkylation sites (tertiary alicyclic amines) is 1. The number of piperidine rings is 1. The van der Waals surface area contributed by atoms with Gasteiger partial charge in [0.2, 0.25) is 0 Å². The minimum atomic E-state index is -4.51. The first-order valence-corrected chi connectivity index (χ1v) is 7.76. The van der Waals surface area contributed by atoms with Crippen molar-refractivity contribution >= 4 is 5.91 Å². The van der Waals surface area contributed by atoms with Gasteiger partial charge in [-0.1, -0.05) is 0 Å². The Morgan fingerprint density at radius 2 is 2.12 bits per heavy atom. The molecule has 25 heavy (non-hydrogen) atoms. The normalized spacial score (nSPS) is 18.4. The van der Waals surface area contributed by atoms with E-state index in [1.54, 1.807) is 0 Å². The first-order chi connectivity index (χ1) is 11.8. The molecule has 0 saturated carbocycles. The number of carbonyl (C=O) groups excluding carboxylic acids is 1. The van der Waals surface area contributed by atoms with Crippen LogP contribution in [-0.2, 0) is 13.2 Å². The first-order valence-electron chi connectivity index (χ1n) is 7.76. The summed E-state index contributed by atoms with van der Waals surface area (Å²) in [5.41, 5.74) is -1.04. The topological polar surface area (TPSA) is 51.0 Å². The molecule has 0 unspecified atom stereocenters. The molecule has 9 heteroatoms. The number of nitrogens with zero attached hydrogens (tertiary/aromatic N) is 4. The zero-order chi connectivity index (χ0) is 18.2. The van der Waals surface area contributed by atoms with E-state index in [0.29, 0.717) is 19.4 Å². The lowest BCUT2D eigenvalue weighted by molar-refractivity contribution is -0.141. The van der Waals surface area contributed by atoms with Crippen LogP contribution in [0.4, 0.5) is 17.6 Å². The number of halogens is 4. The molecule has 0 bridgehead atoms. The van der Waals surface area contributed by atoms with Gasteiger partial charge in [0.15, 0.2) is 11.5 Å². The number of pyridine rings is 1. The molecule has 134 valence electrons. The Bertz CT molecular complexity index is 787. The predicted octanol–water partition coefficient (Wildman–Crippen LogP) is 2.99. The van der Waals surface area contributed by atoms with Crippen LogP contribution < -0.4 is 0 Å². The van der Waals surface area contributed by atoms with Crippen LogP contribution in [0.3, 0.4) is 0 Å². The van der Waals surface area contributed by atoms with E-state index >= 15 is 0 Å². The van der Waals surface area contributed by atoms with Gasteiger partial charge in [-0.15, -0.1) is 0 Å². The number of carbonyl (C=O) groups is 1.